The van der Waals surface area contributed by atoms with Crippen LogP contribution in [0.1, 0.15) is 37.0 Å². The molecule has 0 amide bonds. The normalized spacial score (nSPS) is 12.3. The number of rotatable bonds is 6. The molecule has 0 bridgehead atoms. The summed E-state index contributed by atoms with van der Waals surface area (Å²) in [5, 5.41) is 9.71. The predicted molar refractivity (Wildman–Crippen MR) is 76.1 cm³/mol. The maximum atomic E-state index is 10.9. The van der Waals surface area contributed by atoms with E-state index in [1.54, 1.807) is 6.07 Å². The number of aromatic nitrogens is 2. The third kappa shape index (κ3) is 3.23. The summed E-state index contributed by atoms with van der Waals surface area (Å²) in [6.45, 7) is 4.88. The number of aromatic carboxylic acids is 1. The summed E-state index contributed by atoms with van der Waals surface area (Å²) in [5.74, 6) is 0.00254. The van der Waals surface area contributed by atoms with Gasteiger partial charge in [-0.25, -0.2) is 14.8 Å². The van der Waals surface area contributed by atoms with Crippen molar-refractivity contribution in [3.05, 3.63) is 30.1 Å². The van der Waals surface area contributed by atoms with Crippen molar-refractivity contribution in [2.24, 2.45) is 5.92 Å². The Bertz CT molecular complexity index is 613. The summed E-state index contributed by atoms with van der Waals surface area (Å²) >= 11 is 0. The maximum Gasteiger partial charge on any atom is 0.335 e. The standard InChI is InChI=1S/C15H18N2O3/c1-3-4-10(2)8-20-14-12-6-5-11(15(18)19)7-13(12)16-9-17-14/h5-7,9-10H,3-4,8H2,1-2H3,(H,18,19). The van der Waals surface area contributed by atoms with E-state index in [4.69, 9.17) is 9.84 Å². The van der Waals surface area contributed by atoms with E-state index in [-0.39, 0.29) is 5.56 Å². The first-order chi connectivity index (χ1) is 9.61. The fraction of sp³-hybridized carbons (Fsp3) is 0.400. The van der Waals surface area contributed by atoms with Crippen molar-refractivity contribution in [1.29, 1.82) is 0 Å². The molecular formula is C15H18N2O3. The molecule has 0 fully saturated rings. The average Bonchev–Trinajstić information content (AvgIpc) is 2.44. The lowest BCUT2D eigenvalue weighted by Crippen LogP contribution is -2.09. The van der Waals surface area contributed by atoms with Gasteiger partial charge in [-0.3, -0.25) is 0 Å². The lowest BCUT2D eigenvalue weighted by Gasteiger charge is -2.12. The molecular weight excluding hydrogens is 256 g/mol. The van der Waals surface area contributed by atoms with Crippen LogP contribution in [0.4, 0.5) is 0 Å². The van der Waals surface area contributed by atoms with Crippen LogP contribution in [0.15, 0.2) is 24.5 Å². The highest BCUT2D eigenvalue weighted by Crippen LogP contribution is 2.23. The Kier molecular flexibility index (Phi) is 4.50. The number of carboxylic acid groups (broad SMARTS) is 1. The Hall–Kier alpha value is -2.17. The van der Waals surface area contributed by atoms with Crippen molar-refractivity contribution >= 4 is 16.9 Å². The zero-order valence-electron chi connectivity index (χ0n) is 11.7. The summed E-state index contributed by atoms with van der Waals surface area (Å²) < 4.78 is 5.74. The Labute approximate surface area is 117 Å². The van der Waals surface area contributed by atoms with E-state index < -0.39 is 5.97 Å². The van der Waals surface area contributed by atoms with Gasteiger partial charge in [-0.2, -0.15) is 0 Å². The minimum Gasteiger partial charge on any atom is -0.478 e. The molecule has 0 saturated carbocycles. The van der Waals surface area contributed by atoms with Crippen LogP contribution in [-0.4, -0.2) is 27.7 Å². The van der Waals surface area contributed by atoms with E-state index in [0.29, 0.717) is 23.9 Å². The van der Waals surface area contributed by atoms with Crippen LogP contribution in [0.25, 0.3) is 10.9 Å². The molecule has 1 aromatic carbocycles. The molecule has 0 saturated heterocycles. The first kappa shape index (κ1) is 14.2. The van der Waals surface area contributed by atoms with E-state index in [1.807, 2.05) is 0 Å². The Morgan fingerprint density at radius 2 is 2.20 bits per heavy atom. The second-order valence-corrected chi connectivity index (χ2v) is 4.92. The van der Waals surface area contributed by atoms with Crippen LogP contribution in [0.3, 0.4) is 0 Å². The van der Waals surface area contributed by atoms with Crippen LogP contribution in [0.2, 0.25) is 0 Å². The molecule has 5 heteroatoms. The minimum absolute atomic E-state index is 0.210. The molecule has 0 aliphatic carbocycles. The van der Waals surface area contributed by atoms with Crippen LogP contribution in [-0.2, 0) is 0 Å². The van der Waals surface area contributed by atoms with Gasteiger partial charge in [0.1, 0.15) is 6.33 Å². The third-order valence-electron chi connectivity index (χ3n) is 3.13. The number of carboxylic acids is 1. The molecule has 1 aromatic heterocycles. The summed E-state index contributed by atoms with van der Waals surface area (Å²) in [7, 11) is 0. The van der Waals surface area contributed by atoms with Gasteiger partial charge in [0, 0.05) is 0 Å². The molecule has 1 N–H and O–H groups in total. The summed E-state index contributed by atoms with van der Waals surface area (Å²) in [5.41, 5.74) is 0.791. The molecule has 106 valence electrons. The van der Waals surface area contributed by atoms with Crippen molar-refractivity contribution < 1.29 is 14.6 Å². The molecule has 2 aromatic rings. The highest BCUT2D eigenvalue weighted by molar-refractivity contribution is 5.94. The van der Waals surface area contributed by atoms with Gasteiger partial charge in [-0.05, 0) is 30.5 Å². The highest BCUT2D eigenvalue weighted by atomic mass is 16.5. The van der Waals surface area contributed by atoms with Gasteiger partial charge in [0.15, 0.2) is 0 Å². The topological polar surface area (TPSA) is 72.3 Å². The van der Waals surface area contributed by atoms with Gasteiger partial charge in [-0.1, -0.05) is 20.3 Å². The molecule has 0 aliphatic rings. The monoisotopic (exact) mass is 274 g/mol. The quantitative estimate of drug-likeness (QED) is 0.876. The number of carbonyl (C=O) groups is 1. The summed E-state index contributed by atoms with van der Waals surface area (Å²) in [6, 6.07) is 4.76. The molecule has 5 nitrogen and oxygen atoms in total. The van der Waals surface area contributed by atoms with Crippen LogP contribution in [0, 0.1) is 5.92 Å². The zero-order chi connectivity index (χ0) is 14.5. The molecule has 1 heterocycles. The molecule has 0 radical (unpaired) electrons. The van der Waals surface area contributed by atoms with E-state index in [9.17, 15) is 4.79 Å². The minimum atomic E-state index is -0.968. The third-order valence-corrected chi connectivity index (χ3v) is 3.13. The summed E-state index contributed by atoms with van der Waals surface area (Å²) in [4.78, 5) is 19.2. The smallest absolute Gasteiger partial charge is 0.335 e. The number of nitrogens with zero attached hydrogens (tertiary/aromatic N) is 2. The molecule has 1 atom stereocenters. The fourth-order valence-electron chi connectivity index (χ4n) is 2.08. The molecule has 1 unspecified atom stereocenters. The fourth-order valence-corrected chi connectivity index (χ4v) is 2.08. The van der Waals surface area contributed by atoms with E-state index in [2.05, 4.69) is 23.8 Å². The lowest BCUT2D eigenvalue weighted by atomic mass is 10.1. The van der Waals surface area contributed by atoms with Gasteiger partial charge in [-0.15, -0.1) is 0 Å². The van der Waals surface area contributed by atoms with Crippen molar-refractivity contribution in [3.63, 3.8) is 0 Å². The first-order valence-corrected chi connectivity index (χ1v) is 6.72. The Morgan fingerprint density at radius 3 is 2.90 bits per heavy atom. The summed E-state index contributed by atoms with van der Waals surface area (Å²) in [6.07, 6.45) is 3.62. The van der Waals surface area contributed by atoms with E-state index in [0.717, 1.165) is 18.2 Å². The van der Waals surface area contributed by atoms with Crippen LogP contribution in [0.5, 0.6) is 5.88 Å². The lowest BCUT2D eigenvalue weighted by molar-refractivity contribution is 0.0697. The maximum absolute atomic E-state index is 10.9. The van der Waals surface area contributed by atoms with Crippen molar-refractivity contribution in [3.8, 4) is 5.88 Å². The van der Waals surface area contributed by atoms with Gasteiger partial charge >= 0.3 is 5.97 Å². The largest absolute Gasteiger partial charge is 0.478 e. The second-order valence-electron chi connectivity index (χ2n) is 4.92. The molecule has 0 spiro atoms. The SMILES string of the molecule is CCCC(C)COc1ncnc2cc(C(=O)O)ccc12. The van der Waals surface area contributed by atoms with E-state index in [1.165, 1.54) is 18.5 Å². The first-order valence-electron chi connectivity index (χ1n) is 6.72. The van der Waals surface area contributed by atoms with Crippen molar-refractivity contribution in [2.75, 3.05) is 6.61 Å². The Balaban J connectivity index is 2.24. The van der Waals surface area contributed by atoms with Gasteiger partial charge in [0.25, 0.3) is 0 Å². The van der Waals surface area contributed by atoms with Crippen LogP contribution >= 0.6 is 0 Å². The van der Waals surface area contributed by atoms with Crippen LogP contribution < -0.4 is 4.74 Å². The number of fused-ring (bicyclic) bond motifs is 1. The van der Waals surface area contributed by atoms with Crippen molar-refractivity contribution in [2.45, 2.75) is 26.7 Å². The number of ether oxygens (including phenoxy) is 1. The Morgan fingerprint density at radius 1 is 1.40 bits per heavy atom. The number of hydrogen-bond acceptors (Lipinski definition) is 4. The van der Waals surface area contributed by atoms with Gasteiger partial charge in [0.2, 0.25) is 5.88 Å². The predicted octanol–water partition coefficient (Wildman–Crippen LogP) is 3.14. The molecule has 0 aliphatic heterocycles. The van der Waals surface area contributed by atoms with Gasteiger partial charge in [0.05, 0.1) is 23.1 Å². The molecule has 2 rings (SSSR count). The number of benzene rings is 1. The van der Waals surface area contributed by atoms with Crippen molar-refractivity contribution in [1.82, 2.24) is 9.97 Å². The zero-order valence-corrected chi connectivity index (χ0v) is 11.7. The second kappa shape index (κ2) is 6.32. The molecule has 20 heavy (non-hydrogen) atoms. The highest BCUT2D eigenvalue weighted by Gasteiger charge is 2.10. The number of hydrogen-bond donors (Lipinski definition) is 1. The van der Waals surface area contributed by atoms with E-state index >= 15 is 0 Å². The average molecular weight is 274 g/mol. The van der Waals surface area contributed by atoms with Gasteiger partial charge < -0.3 is 9.84 Å².